The number of carbonyl (C=O) groups is 1. The van der Waals surface area contributed by atoms with Crippen molar-refractivity contribution in [2.45, 2.75) is 25.2 Å². The van der Waals surface area contributed by atoms with Crippen LogP contribution in [0.15, 0.2) is 60.7 Å². The molecule has 1 aliphatic rings. The van der Waals surface area contributed by atoms with Gasteiger partial charge in [-0.15, -0.1) is 0 Å². The van der Waals surface area contributed by atoms with Gasteiger partial charge in [0.1, 0.15) is 11.6 Å². The van der Waals surface area contributed by atoms with Crippen molar-refractivity contribution in [2.24, 2.45) is 0 Å². The first-order valence-electron chi connectivity index (χ1n) is 11.5. The van der Waals surface area contributed by atoms with Crippen molar-refractivity contribution in [3.05, 3.63) is 71.9 Å². The first-order chi connectivity index (χ1) is 16.6. The molecule has 0 unspecified atom stereocenters. The van der Waals surface area contributed by atoms with Crippen LogP contribution in [-0.4, -0.2) is 49.3 Å². The van der Waals surface area contributed by atoms with Crippen LogP contribution < -0.4 is 20.7 Å². The Bertz CT molecular complexity index is 1080. The fourth-order valence-electron chi connectivity index (χ4n) is 4.18. The van der Waals surface area contributed by atoms with E-state index in [0.29, 0.717) is 50.9 Å². The molecule has 0 atom stereocenters. The topological polar surface area (TPSA) is 97.4 Å². The maximum absolute atomic E-state index is 13.2. The molecular weight excluding hydrogens is 430 g/mol. The number of ether oxygens (including phenoxy) is 2. The molecule has 0 bridgehead atoms. The molecule has 1 amide bonds. The fraction of sp³-hybridized carbons (Fsp3) is 0.346. The van der Waals surface area contributed by atoms with Crippen LogP contribution in [0.2, 0.25) is 0 Å². The first kappa shape index (κ1) is 23.5. The minimum Gasteiger partial charge on any atom is -0.497 e. The van der Waals surface area contributed by atoms with Gasteiger partial charge in [-0.05, 0) is 49.6 Å². The number of rotatable bonds is 9. The molecule has 3 N–H and O–H groups in total. The molecule has 8 nitrogen and oxygen atoms in total. The van der Waals surface area contributed by atoms with Crippen LogP contribution in [0.5, 0.6) is 5.75 Å². The van der Waals surface area contributed by atoms with Gasteiger partial charge in [0.05, 0.1) is 12.5 Å². The molecule has 1 saturated heterocycles. The van der Waals surface area contributed by atoms with E-state index in [4.69, 9.17) is 9.47 Å². The molecule has 1 aromatic heterocycles. The van der Waals surface area contributed by atoms with Gasteiger partial charge in [0, 0.05) is 43.8 Å². The van der Waals surface area contributed by atoms with Crippen LogP contribution in [0.25, 0.3) is 0 Å². The van der Waals surface area contributed by atoms with Crippen LogP contribution in [0.4, 0.5) is 17.5 Å². The van der Waals surface area contributed by atoms with Crippen LogP contribution in [0.1, 0.15) is 24.1 Å². The summed E-state index contributed by atoms with van der Waals surface area (Å²) in [6.45, 7) is 4.07. The summed E-state index contributed by atoms with van der Waals surface area (Å²) in [6, 6.07) is 19.5. The third-order valence-corrected chi connectivity index (χ3v) is 6.02. The number of nitrogens with zero attached hydrogens (tertiary/aromatic N) is 2. The minimum atomic E-state index is -0.547. The number of anilines is 3. The normalized spacial score (nSPS) is 14.8. The fourth-order valence-corrected chi connectivity index (χ4v) is 4.18. The molecule has 2 aromatic carbocycles. The van der Waals surface area contributed by atoms with Crippen molar-refractivity contribution in [2.75, 3.05) is 44.0 Å². The Hall–Kier alpha value is -3.65. The van der Waals surface area contributed by atoms with Gasteiger partial charge >= 0.3 is 0 Å². The quantitative estimate of drug-likeness (QED) is 0.417. The van der Waals surface area contributed by atoms with Crippen LogP contribution in [0, 0.1) is 6.92 Å². The monoisotopic (exact) mass is 461 g/mol. The number of benzene rings is 2. The standard InChI is InChI=1S/C26H31N5O3/c1-19-18-23(30-21-8-10-22(33-2)11-9-21)31-25(29-19)28-15-14-27-24(32)26(12-16-34-17-13-26)20-6-4-3-5-7-20/h3-11,18H,12-17H2,1-2H3,(H,27,32)(H2,28,29,30,31). The maximum Gasteiger partial charge on any atom is 0.230 e. The molecule has 0 radical (unpaired) electrons. The van der Waals surface area contributed by atoms with Gasteiger partial charge in [-0.2, -0.15) is 4.98 Å². The molecular formula is C26H31N5O3. The van der Waals surface area contributed by atoms with Crippen LogP contribution >= 0.6 is 0 Å². The highest BCUT2D eigenvalue weighted by Crippen LogP contribution is 2.35. The Kier molecular flexibility index (Phi) is 7.59. The van der Waals surface area contributed by atoms with E-state index in [1.807, 2.05) is 67.6 Å². The lowest BCUT2D eigenvalue weighted by molar-refractivity contribution is -0.130. The van der Waals surface area contributed by atoms with E-state index in [0.717, 1.165) is 22.7 Å². The average Bonchev–Trinajstić information content (AvgIpc) is 2.87. The Morgan fingerprint density at radius 3 is 2.47 bits per heavy atom. The van der Waals surface area contributed by atoms with Gasteiger partial charge in [0.25, 0.3) is 0 Å². The highest BCUT2D eigenvalue weighted by atomic mass is 16.5. The Morgan fingerprint density at radius 2 is 1.76 bits per heavy atom. The van der Waals surface area contributed by atoms with E-state index in [9.17, 15) is 4.79 Å². The summed E-state index contributed by atoms with van der Waals surface area (Å²) in [4.78, 5) is 22.2. The van der Waals surface area contributed by atoms with Gasteiger partial charge in [-0.1, -0.05) is 30.3 Å². The van der Waals surface area contributed by atoms with Crippen molar-refractivity contribution < 1.29 is 14.3 Å². The number of methoxy groups -OCH3 is 1. The number of aryl methyl sites for hydroxylation is 1. The van der Waals surface area contributed by atoms with Crippen LogP contribution in [-0.2, 0) is 14.9 Å². The first-order valence-corrected chi connectivity index (χ1v) is 11.5. The Labute approximate surface area is 200 Å². The number of carbonyl (C=O) groups excluding carboxylic acids is 1. The lowest BCUT2D eigenvalue weighted by atomic mass is 9.73. The lowest BCUT2D eigenvalue weighted by Gasteiger charge is -2.36. The van der Waals surface area contributed by atoms with Crippen molar-refractivity contribution in [1.82, 2.24) is 15.3 Å². The highest BCUT2D eigenvalue weighted by molar-refractivity contribution is 5.88. The Balaban J connectivity index is 1.34. The summed E-state index contributed by atoms with van der Waals surface area (Å²) in [7, 11) is 1.64. The SMILES string of the molecule is COc1ccc(Nc2cc(C)nc(NCCNC(=O)C3(c4ccccc4)CCOCC3)n2)cc1. The summed E-state index contributed by atoms with van der Waals surface area (Å²) < 4.78 is 10.7. The molecule has 3 aromatic rings. The molecule has 1 fully saturated rings. The molecule has 0 aliphatic carbocycles. The summed E-state index contributed by atoms with van der Waals surface area (Å²) in [5.41, 5.74) is 2.23. The number of aromatic nitrogens is 2. The van der Waals surface area contributed by atoms with E-state index in [2.05, 4.69) is 25.9 Å². The molecule has 1 aliphatic heterocycles. The summed E-state index contributed by atoms with van der Waals surface area (Å²) in [5.74, 6) is 2.03. The van der Waals surface area contributed by atoms with E-state index in [1.165, 1.54) is 0 Å². The summed E-state index contributed by atoms with van der Waals surface area (Å²) in [5, 5.41) is 9.60. The van der Waals surface area contributed by atoms with Crippen molar-refractivity contribution >= 4 is 23.4 Å². The van der Waals surface area contributed by atoms with Crippen molar-refractivity contribution in [1.29, 1.82) is 0 Å². The second kappa shape index (κ2) is 11.0. The average molecular weight is 462 g/mol. The number of hydrogen-bond donors (Lipinski definition) is 3. The molecule has 8 heteroatoms. The van der Waals surface area contributed by atoms with E-state index >= 15 is 0 Å². The molecule has 178 valence electrons. The maximum atomic E-state index is 13.2. The third kappa shape index (κ3) is 5.63. The molecule has 34 heavy (non-hydrogen) atoms. The second-order valence-corrected chi connectivity index (χ2v) is 8.31. The zero-order chi connectivity index (χ0) is 23.8. The van der Waals surface area contributed by atoms with Crippen LogP contribution in [0.3, 0.4) is 0 Å². The Morgan fingerprint density at radius 1 is 1.03 bits per heavy atom. The predicted molar refractivity (Wildman–Crippen MR) is 133 cm³/mol. The predicted octanol–water partition coefficient (Wildman–Crippen LogP) is 3.81. The lowest BCUT2D eigenvalue weighted by Crippen LogP contribution is -2.49. The smallest absolute Gasteiger partial charge is 0.230 e. The van der Waals surface area contributed by atoms with Crippen molar-refractivity contribution in [3.8, 4) is 5.75 Å². The molecule has 2 heterocycles. The highest BCUT2D eigenvalue weighted by Gasteiger charge is 2.41. The second-order valence-electron chi connectivity index (χ2n) is 8.31. The number of nitrogens with one attached hydrogen (secondary N) is 3. The largest absolute Gasteiger partial charge is 0.497 e. The minimum absolute atomic E-state index is 0.0378. The van der Waals surface area contributed by atoms with Gasteiger partial charge in [0.15, 0.2) is 0 Å². The summed E-state index contributed by atoms with van der Waals surface area (Å²) >= 11 is 0. The molecule has 0 spiro atoms. The van der Waals surface area contributed by atoms with Crippen molar-refractivity contribution in [3.63, 3.8) is 0 Å². The molecule has 0 saturated carbocycles. The van der Waals surface area contributed by atoms with E-state index in [-0.39, 0.29) is 5.91 Å². The van der Waals surface area contributed by atoms with Gasteiger partial charge in [0.2, 0.25) is 11.9 Å². The number of hydrogen-bond acceptors (Lipinski definition) is 7. The third-order valence-electron chi connectivity index (χ3n) is 6.02. The molecule has 4 rings (SSSR count). The zero-order valence-electron chi connectivity index (χ0n) is 19.6. The summed E-state index contributed by atoms with van der Waals surface area (Å²) in [6.07, 6.45) is 1.36. The number of amides is 1. The zero-order valence-corrected chi connectivity index (χ0v) is 19.6. The van der Waals surface area contributed by atoms with Gasteiger partial charge in [-0.3, -0.25) is 4.79 Å². The van der Waals surface area contributed by atoms with Gasteiger partial charge < -0.3 is 25.4 Å². The van der Waals surface area contributed by atoms with E-state index < -0.39 is 5.41 Å². The van der Waals surface area contributed by atoms with E-state index in [1.54, 1.807) is 7.11 Å². The van der Waals surface area contributed by atoms with Gasteiger partial charge in [-0.25, -0.2) is 4.98 Å².